The fraction of sp³-hybridized carbons (Fsp3) is 0.250. The third-order valence-corrected chi connectivity index (χ3v) is 4.25. The summed E-state index contributed by atoms with van der Waals surface area (Å²) in [5.74, 6) is 1.73. The zero-order chi connectivity index (χ0) is 20.2. The molecule has 0 N–H and O–H groups in total. The van der Waals surface area contributed by atoms with Gasteiger partial charge in [0.05, 0.1) is 13.7 Å². The topological polar surface area (TPSA) is 93.9 Å². The van der Waals surface area contributed by atoms with Crippen molar-refractivity contribution < 1.29 is 28.5 Å². The summed E-state index contributed by atoms with van der Waals surface area (Å²) in [5, 5.41) is 4.25. The second-order valence-corrected chi connectivity index (χ2v) is 6.08. The largest absolute Gasteiger partial charge is 0.497 e. The minimum atomic E-state index is -0.370. The quantitative estimate of drug-likeness (QED) is 0.561. The van der Waals surface area contributed by atoms with Crippen LogP contribution in [0.2, 0.25) is 0 Å². The summed E-state index contributed by atoms with van der Waals surface area (Å²) in [6, 6.07) is 12.2. The molecule has 1 aromatic heterocycles. The lowest BCUT2D eigenvalue weighted by Gasteiger charge is -2.07. The molecule has 0 radical (unpaired) electrons. The molecule has 0 aliphatic carbocycles. The number of benzene rings is 2. The number of methoxy groups -OCH3 is 2. The van der Waals surface area contributed by atoms with Gasteiger partial charge in [-0.3, -0.25) is 4.79 Å². The van der Waals surface area contributed by atoms with E-state index in [0.717, 1.165) is 0 Å². The van der Waals surface area contributed by atoms with Crippen molar-refractivity contribution in [2.24, 2.45) is 0 Å². The lowest BCUT2D eigenvalue weighted by Crippen LogP contribution is -2.15. The molecule has 2 heterocycles. The maximum Gasteiger partial charge on any atom is 0.336 e. The first-order chi connectivity index (χ1) is 14.2. The number of rotatable bonds is 7. The Morgan fingerprint density at radius 3 is 2.79 bits per heavy atom. The van der Waals surface area contributed by atoms with Crippen LogP contribution in [0, 0.1) is 0 Å². The van der Waals surface area contributed by atoms with E-state index in [1.807, 2.05) is 0 Å². The molecule has 4 rings (SSSR count). The van der Waals surface area contributed by atoms with E-state index in [2.05, 4.69) is 10.1 Å². The van der Waals surface area contributed by atoms with E-state index in [-0.39, 0.29) is 25.3 Å². The maximum absolute atomic E-state index is 13.2. The Labute approximate surface area is 166 Å². The number of aromatic nitrogens is 3. The number of hydrogen-bond donors (Lipinski definition) is 0. The Morgan fingerprint density at radius 1 is 1.10 bits per heavy atom. The summed E-state index contributed by atoms with van der Waals surface area (Å²) in [7, 11) is 3.11. The number of ether oxygens (including phenoxy) is 5. The van der Waals surface area contributed by atoms with E-state index in [9.17, 15) is 4.79 Å². The first kappa shape index (κ1) is 18.8. The number of hydrogen-bond acceptors (Lipinski definition) is 8. The Balaban J connectivity index is 1.73. The van der Waals surface area contributed by atoms with Gasteiger partial charge in [0.1, 0.15) is 12.4 Å². The summed E-state index contributed by atoms with van der Waals surface area (Å²) in [5.41, 5.74) is 1.04. The third kappa shape index (κ3) is 3.85. The van der Waals surface area contributed by atoms with Crippen LogP contribution in [0.15, 0.2) is 42.5 Å². The molecule has 1 aliphatic rings. The van der Waals surface area contributed by atoms with E-state index >= 15 is 0 Å². The normalized spacial score (nSPS) is 12.1. The highest BCUT2D eigenvalue weighted by Gasteiger charge is 2.23. The molecule has 0 bridgehead atoms. The van der Waals surface area contributed by atoms with Gasteiger partial charge in [-0.05, 0) is 36.4 Å². The molecule has 29 heavy (non-hydrogen) atoms. The molecule has 9 nitrogen and oxygen atoms in total. The van der Waals surface area contributed by atoms with Crippen LogP contribution in [-0.4, -0.2) is 54.9 Å². The molecule has 0 amide bonds. The van der Waals surface area contributed by atoms with Crippen LogP contribution in [0.1, 0.15) is 10.4 Å². The van der Waals surface area contributed by atoms with Crippen molar-refractivity contribution >= 4 is 5.91 Å². The van der Waals surface area contributed by atoms with E-state index < -0.39 is 0 Å². The van der Waals surface area contributed by atoms with Crippen LogP contribution >= 0.6 is 0 Å². The maximum atomic E-state index is 13.2. The van der Waals surface area contributed by atoms with Crippen molar-refractivity contribution in [3.05, 3.63) is 48.0 Å². The number of carbonyl (C=O) groups is 1. The van der Waals surface area contributed by atoms with Gasteiger partial charge < -0.3 is 23.7 Å². The Morgan fingerprint density at radius 2 is 1.97 bits per heavy atom. The van der Waals surface area contributed by atoms with E-state index in [1.54, 1.807) is 56.7 Å². The summed E-state index contributed by atoms with van der Waals surface area (Å²) in [4.78, 5) is 17.5. The average Bonchev–Trinajstić information content (AvgIpc) is 3.40. The molecule has 0 spiro atoms. The van der Waals surface area contributed by atoms with Crippen LogP contribution in [0.4, 0.5) is 0 Å². The van der Waals surface area contributed by atoms with Crippen molar-refractivity contribution in [1.29, 1.82) is 0 Å². The average molecular weight is 397 g/mol. The van der Waals surface area contributed by atoms with Gasteiger partial charge in [-0.25, -0.2) is 0 Å². The molecule has 0 fully saturated rings. The Kier molecular flexibility index (Phi) is 5.30. The van der Waals surface area contributed by atoms with Crippen molar-refractivity contribution in [3.63, 3.8) is 0 Å². The van der Waals surface area contributed by atoms with Crippen LogP contribution in [0.3, 0.4) is 0 Å². The molecule has 3 aromatic rings. The van der Waals surface area contributed by atoms with Crippen LogP contribution in [-0.2, 0) is 4.74 Å². The van der Waals surface area contributed by atoms with Crippen LogP contribution in [0.25, 0.3) is 11.4 Å². The SMILES string of the molecule is COCCOc1nc(-c2ccc3c(c2)OCO3)n(C(=O)c2cccc(OC)c2)n1. The highest BCUT2D eigenvalue weighted by molar-refractivity contribution is 5.97. The first-order valence-corrected chi connectivity index (χ1v) is 8.87. The smallest absolute Gasteiger partial charge is 0.336 e. The summed E-state index contributed by atoms with van der Waals surface area (Å²) in [6.45, 7) is 0.783. The van der Waals surface area contributed by atoms with Gasteiger partial charge in [0, 0.05) is 18.2 Å². The van der Waals surface area contributed by atoms with Gasteiger partial charge in [0.25, 0.3) is 5.91 Å². The van der Waals surface area contributed by atoms with Crippen molar-refractivity contribution in [2.45, 2.75) is 0 Å². The second kappa shape index (κ2) is 8.19. The minimum Gasteiger partial charge on any atom is -0.497 e. The molecule has 0 atom stereocenters. The molecular weight excluding hydrogens is 378 g/mol. The molecular formula is C20H19N3O6. The van der Waals surface area contributed by atoms with Gasteiger partial charge in [0.2, 0.25) is 6.79 Å². The standard InChI is InChI=1S/C20H19N3O6/c1-25-8-9-27-20-21-18(13-6-7-16-17(11-13)29-12-28-16)23(22-20)19(24)14-4-3-5-15(10-14)26-2/h3-7,10-11H,8-9,12H2,1-2H3. The van der Waals surface area contributed by atoms with Gasteiger partial charge in [0.15, 0.2) is 17.3 Å². The van der Waals surface area contributed by atoms with Crippen molar-refractivity contribution in [2.75, 3.05) is 34.2 Å². The molecule has 0 saturated heterocycles. The van der Waals surface area contributed by atoms with Crippen molar-refractivity contribution in [3.8, 4) is 34.6 Å². The molecule has 0 unspecified atom stereocenters. The van der Waals surface area contributed by atoms with Crippen molar-refractivity contribution in [1.82, 2.24) is 14.8 Å². The molecule has 9 heteroatoms. The first-order valence-electron chi connectivity index (χ1n) is 8.87. The molecule has 0 saturated carbocycles. The Bertz CT molecular complexity index is 1030. The lowest BCUT2D eigenvalue weighted by molar-refractivity contribution is 0.0942. The zero-order valence-corrected chi connectivity index (χ0v) is 16.0. The fourth-order valence-electron chi connectivity index (χ4n) is 2.81. The van der Waals surface area contributed by atoms with E-state index in [4.69, 9.17) is 23.7 Å². The van der Waals surface area contributed by atoms with E-state index in [0.29, 0.717) is 40.8 Å². The molecule has 150 valence electrons. The highest BCUT2D eigenvalue weighted by Crippen LogP contribution is 2.36. The highest BCUT2D eigenvalue weighted by atomic mass is 16.7. The summed E-state index contributed by atoms with van der Waals surface area (Å²) >= 11 is 0. The number of carbonyl (C=O) groups excluding carboxylic acids is 1. The predicted octanol–water partition coefficient (Wildman–Crippen LogP) is 2.40. The van der Waals surface area contributed by atoms with Crippen LogP contribution in [0.5, 0.6) is 23.3 Å². The fourth-order valence-corrected chi connectivity index (χ4v) is 2.81. The van der Waals surface area contributed by atoms with Crippen LogP contribution < -0.4 is 18.9 Å². The zero-order valence-electron chi connectivity index (χ0n) is 16.0. The predicted molar refractivity (Wildman–Crippen MR) is 102 cm³/mol. The monoisotopic (exact) mass is 397 g/mol. The summed E-state index contributed by atoms with van der Waals surface area (Å²) in [6.07, 6.45) is 0. The van der Waals surface area contributed by atoms with Gasteiger partial charge in [-0.15, -0.1) is 5.10 Å². The number of fused-ring (bicyclic) bond motifs is 1. The van der Waals surface area contributed by atoms with E-state index in [1.165, 1.54) is 4.68 Å². The number of nitrogens with zero attached hydrogens (tertiary/aromatic N) is 3. The summed E-state index contributed by atoms with van der Waals surface area (Å²) < 4.78 is 27.7. The minimum absolute atomic E-state index is 0.0750. The second-order valence-electron chi connectivity index (χ2n) is 6.08. The Hall–Kier alpha value is -3.59. The van der Waals surface area contributed by atoms with Gasteiger partial charge in [-0.1, -0.05) is 6.07 Å². The molecule has 1 aliphatic heterocycles. The third-order valence-electron chi connectivity index (χ3n) is 4.25. The lowest BCUT2D eigenvalue weighted by atomic mass is 10.1. The molecule has 2 aromatic carbocycles. The van der Waals surface area contributed by atoms with Gasteiger partial charge in [-0.2, -0.15) is 9.67 Å². The van der Waals surface area contributed by atoms with Gasteiger partial charge >= 0.3 is 6.01 Å².